The van der Waals surface area contributed by atoms with Gasteiger partial charge in [0.1, 0.15) is 5.82 Å². The highest BCUT2D eigenvalue weighted by Crippen LogP contribution is 2.15. The highest BCUT2D eigenvalue weighted by molar-refractivity contribution is 6.30. The van der Waals surface area contributed by atoms with Crippen LogP contribution in [-0.4, -0.2) is 9.97 Å². The van der Waals surface area contributed by atoms with E-state index in [9.17, 15) is 0 Å². The van der Waals surface area contributed by atoms with E-state index in [0.29, 0.717) is 6.54 Å². The number of aromatic nitrogens is 2. The monoisotopic (exact) mass is 207 g/mol. The molecule has 0 atom stereocenters. The molecule has 3 nitrogen and oxygen atoms in total. The molecular weight excluding hydrogens is 198 g/mol. The molecule has 0 fully saturated rings. The summed E-state index contributed by atoms with van der Waals surface area (Å²) in [6.45, 7) is 0.674. The van der Waals surface area contributed by atoms with Gasteiger partial charge in [-0.15, -0.1) is 0 Å². The number of benzene rings is 1. The topological polar surface area (TPSA) is 40.7 Å². The van der Waals surface area contributed by atoms with Crippen molar-refractivity contribution < 1.29 is 0 Å². The molecule has 0 radical (unpaired) electrons. The zero-order valence-corrected chi connectivity index (χ0v) is 8.25. The number of halogens is 1. The molecule has 0 saturated heterocycles. The minimum Gasteiger partial charge on any atom is -0.378 e. The average molecular weight is 208 g/mol. The van der Waals surface area contributed by atoms with Crippen LogP contribution in [0.3, 0.4) is 0 Å². The maximum Gasteiger partial charge on any atom is 0.125 e. The second-order valence-corrected chi connectivity index (χ2v) is 3.34. The van der Waals surface area contributed by atoms with Gasteiger partial charge >= 0.3 is 0 Å². The molecule has 1 aromatic carbocycles. The number of hydrogen-bond donors (Lipinski definition) is 2. The number of hydrogen-bond acceptors (Lipinski definition) is 2. The summed E-state index contributed by atoms with van der Waals surface area (Å²) in [5.41, 5.74) is 0.994. The molecule has 0 spiro atoms. The Morgan fingerprint density at radius 3 is 3.07 bits per heavy atom. The van der Waals surface area contributed by atoms with E-state index in [1.165, 1.54) is 0 Å². The van der Waals surface area contributed by atoms with Crippen LogP contribution in [0.1, 0.15) is 5.82 Å². The largest absolute Gasteiger partial charge is 0.378 e. The molecule has 0 amide bonds. The van der Waals surface area contributed by atoms with Crippen LogP contribution in [-0.2, 0) is 6.54 Å². The maximum atomic E-state index is 5.84. The molecule has 4 heteroatoms. The second-order valence-electron chi connectivity index (χ2n) is 2.90. The first kappa shape index (κ1) is 9.09. The van der Waals surface area contributed by atoms with Crippen LogP contribution in [0.4, 0.5) is 5.69 Å². The van der Waals surface area contributed by atoms with Crippen molar-refractivity contribution >= 4 is 17.3 Å². The van der Waals surface area contributed by atoms with Crippen molar-refractivity contribution in [2.24, 2.45) is 0 Å². The Morgan fingerprint density at radius 1 is 1.43 bits per heavy atom. The summed E-state index contributed by atoms with van der Waals surface area (Å²) >= 11 is 5.84. The van der Waals surface area contributed by atoms with Crippen molar-refractivity contribution in [1.29, 1.82) is 0 Å². The molecule has 0 aliphatic heterocycles. The molecular formula is C10H10ClN3. The van der Waals surface area contributed by atoms with Crippen LogP contribution in [0.25, 0.3) is 0 Å². The molecule has 0 unspecified atom stereocenters. The van der Waals surface area contributed by atoms with E-state index in [1.807, 2.05) is 24.3 Å². The molecule has 0 bridgehead atoms. The zero-order valence-electron chi connectivity index (χ0n) is 7.50. The molecule has 1 aromatic heterocycles. The van der Waals surface area contributed by atoms with Gasteiger partial charge in [-0.2, -0.15) is 0 Å². The van der Waals surface area contributed by atoms with Gasteiger partial charge in [0.2, 0.25) is 0 Å². The van der Waals surface area contributed by atoms with Crippen molar-refractivity contribution in [1.82, 2.24) is 9.97 Å². The molecule has 1 heterocycles. The van der Waals surface area contributed by atoms with E-state index < -0.39 is 0 Å². The predicted octanol–water partition coefficient (Wildman–Crippen LogP) is 2.68. The predicted molar refractivity (Wildman–Crippen MR) is 57.4 cm³/mol. The highest BCUT2D eigenvalue weighted by atomic mass is 35.5. The number of anilines is 1. The molecule has 0 aliphatic carbocycles. The first-order valence-electron chi connectivity index (χ1n) is 4.32. The van der Waals surface area contributed by atoms with Gasteiger partial charge in [-0.25, -0.2) is 4.98 Å². The molecule has 0 aliphatic rings. The molecule has 2 N–H and O–H groups in total. The summed E-state index contributed by atoms with van der Waals surface area (Å²) in [5, 5.41) is 3.94. The van der Waals surface area contributed by atoms with Crippen molar-refractivity contribution in [3.8, 4) is 0 Å². The lowest BCUT2D eigenvalue weighted by Gasteiger charge is -2.03. The first-order valence-corrected chi connectivity index (χ1v) is 4.70. The van der Waals surface area contributed by atoms with E-state index in [0.717, 1.165) is 16.5 Å². The summed E-state index contributed by atoms with van der Waals surface area (Å²) in [6.07, 6.45) is 3.53. The first-order chi connectivity index (χ1) is 6.84. The van der Waals surface area contributed by atoms with Crippen LogP contribution in [0.2, 0.25) is 5.02 Å². The smallest absolute Gasteiger partial charge is 0.125 e. The van der Waals surface area contributed by atoms with Crippen LogP contribution in [0, 0.1) is 0 Å². The van der Waals surface area contributed by atoms with Crippen molar-refractivity contribution in [2.75, 3.05) is 5.32 Å². The van der Waals surface area contributed by atoms with Crippen LogP contribution >= 0.6 is 11.6 Å². The Hall–Kier alpha value is -1.48. The number of nitrogens with one attached hydrogen (secondary N) is 2. The van der Waals surface area contributed by atoms with E-state index in [4.69, 9.17) is 11.6 Å². The Labute approximate surface area is 87.1 Å². The summed E-state index contributed by atoms with van der Waals surface area (Å²) in [6, 6.07) is 7.60. The second kappa shape index (κ2) is 4.15. The van der Waals surface area contributed by atoms with E-state index in [-0.39, 0.29) is 0 Å². The fourth-order valence-electron chi connectivity index (χ4n) is 1.18. The van der Waals surface area contributed by atoms with Crippen molar-refractivity contribution in [3.05, 3.63) is 47.5 Å². The molecule has 2 aromatic rings. The van der Waals surface area contributed by atoms with Gasteiger partial charge in [0.05, 0.1) is 6.54 Å². The summed E-state index contributed by atoms with van der Waals surface area (Å²) in [7, 11) is 0. The minimum absolute atomic E-state index is 0.674. The maximum absolute atomic E-state index is 5.84. The van der Waals surface area contributed by atoms with Crippen LogP contribution in [0.15, 0.2) is 36.7 Å². The lowest BCUT2D eigenvalue weighted by atomic mass is 10.3. The summed E-state index contributed by atoms with van der Waals surface area (Å²) in [4.78, 5) is 7.12. The SMILES string of the molecule is Clc1cccc(NCc2ncc[nH]2)c1. The van der Waals surface area contributed by atoms with Crippen molar-refractivity contribution in [2.45, 2.75) is 6.54 Å². The van der Waals surface area contributed by atoms with Gasteiger partial charge in [-0.1, -0.05) is 17.7 Å². The Balaban J connectivity index is 1.98. The van der Waals surface area contributed by atoms with E-state index in [1.54, 1.807) is 12.4 Å². The standard InChI is InChI=1S/C10H10ClN3/c11-8-2-1-3-9(6-8)14-7-10-12-4-5-13-10/h1-6,14H,7H2,(H,12,13). The Morgan fingerprint density at radius 2 is 2.36 bits per heavy atom. The van der Waals surface area contributed by atoms with Crippen LogP contribution < -0.4 is 5.32 Å². The van der Waals surface area contributed by atoms with Crippen LogP contribution in [0.5, 0.6) is 0 Å². The number of imidazole rings is 1. The summed E-state index contributed by atoms with van der Waals surface area (Å²) in [5.74, 6) is 0.907. The molecule has 2 rings (SSSR count). The van der Waals surface area contributed by atoms with E-state index in [2.05, 4.69) is 15.3 Å². The highest BCUT2D eigenvalue weighted by Gasteiger charge is 1.95. The Kier molecular flexibility index (Phi) is 2.70. The third kappa shape index (κ3) is 2.26. The number of nitrogens with zero attached hydrogens (tertiary/aromatic N) is 1. The van der Waals surface area contributed by atoms with E-state index >= 15 is 0 Å². The van der Waals surface area contributed by atoms with Gasteiger partial charge in [-0.3, -0.25) is 0 Å². The number of rotatable bonds is 3. The normalized spacial score (nSPS) is 10.1. The fraction of sp³-hybridized carbons (Fsp3) is 0.100. The average Bonchev–Trinajstić information content (AvgIpc) is 2.67. The van der Waals surface area contributed by atoms with Gasteiger partial charge in [0.25, 0.3) is 0 Å². The minimum atomic E-state index is 0.674. The van der Waals surface area contributed by atoms with Gasteiger partial charge in [0.15, 0.2) is 0 Å². The zero-order chi connectivity index (χ0) is 9.80. The molecule has 14 heavy (non-hydrogen) atoms. The third-order valence-corrected chi connectivity index (χ3v) is 2.07. The number of H-pyrrole nitrogens is 1. The van der Waals surface area contributed by atoms with Gasteiger partial charge < -0.3 is 10.3 Å². The van der Waals surface area contributed by atoms with Gasteiger partial charge in [-0.05, 0) is 18.2 Å². The number of aromatic amines is 1. The third-order valence-electron chi connectivity index (χ3n) is 1.84. The lowest BCUT2D eigenvalue weighted by Crippen LogP contribution is -2.00. The Bertz CT molecular complexity index is 398. The van der Waals surface area contributed by atoms with Gasteiger partial charge in [0, 0.05) is 23.1 Å². The molecule has 0 saturated carbocycles. The van der Waals surface area contributed by atoms with Crippen molar-refractivity contribution in [3.63, 3.8) is 0 Å². The molecule has 72 valence electrons. The quantitative estimate of drug-likeness (QED) is 0.813. The fourth-order valence-corrected chi connectivity index (χ4v) is 1.37. The lowest BCUT2D eigenvalue weighted by molar-refractivity contribution is 1.00. The summed E-state index contributed by atoms with van der Waals surface area (Å²) < 4.78 is 0.